The van der Waals surface area contributed by atoms with Crippen molar-refractivity contribution in [3.63, 3.8) is 0 Å². The van der Waals surface area contributed by atoms with E-state index in [1.54, 1.807) is 11.1 Å². The van der Waals surface area contributed by atoms with Gasteiger partial charge in [0.1, 0.15) is 0 Å². The summed E-state index contributed by atoms with van der Waals surface area (Å²) in [6.45, 7) is 7.15. The van der Waals surface area contributed by atoms with Gasteiger partial charge in [0, 0.05) is 13.9 Å². The molecule has 2 rings (SSSR count). The summed E-state index contributed by atoms with van der Waals surface area (Å²) in [7, 11) is 0. The highest BCUT2D eigenvalue weighted by Gasteiger charge is 2.43. The fourth-order valence-electron chi connectivity index (χ4n) is 3.44. The van der Waals surface area contributed by atoms with Gasteiger partial charge in [-0.25, -0.2) is 0 Å². The number of rotatable bonds is 3. The topological polar surface area (TPSA) is 0 Å². The number of hydrogen-bond donors (Lipinski definition) is 0. The molecule has 0 bridgehead atoms. The molecule has 0 spiro atoms. The van der Waals surface area contributed by atoms with E-state index in [0.29, 0.717) is 11.3 Å². The van der Waals surface area contributed by atoms with E-state index in [2.05, 4.69) is 96.3 Å². The summed E-state index contributed by atoms with van der Waals surface area (Å²) in [4.78, 5) is 0. The Morgan fingerprint density at radius 1 is 1.33 bits per heavy atom. The first-order chi connectivity index (χ1) is 8.52. The van der Waals surface area contributed by atoms with Crippen molar-refractivity contribution < 1.29 is 0 Å². The smallest absolute Gasteiger partial charge is 0.0176 e. The van der Waals surface area contributed by atoms with Crippen LogP contribution in [0.2, 0.25) is 0 Å². The first kappa shape index (κ1) is 14.8. The van der Waals surface area contributed by atoms with Crippen molar-refractivity contribution in [2.75, 3.05) is 4.43 Å². The van der Waals surface area contributed by atoms with Gasteiger partial charge in [-0.3, -0.25) is 0 Å². The van der Waals surface area contributed by atoms with E-state index in [1.807, 2.05) is 0 Å². The van der Waals surface area contributed by atoms with Crippen molar-refractivity contribution in [1.82, 2.24) is 0 Å². The largest absolute Gasteiger partial charge is 0.0819 e. The minimum Gasteiger partial charge on any atom is -0.0819 e. The average Bonchev–Trinajstić information content (AvgIpc) is 2.54. The number of alkyl halides is 1. The van der Waals surface area contributed by atoms with Crippen LogP contribution in [-0.2, 0) is 5.41 Å². The predicted octanol–water partition coefficient (Wildman–Crippen LogP) is 5.68. The molecule has 18 heavy (non-hydrogen) atoms. The lowest BCUT2D eigenvalue weighted by Gasteiger charge is -2.29. The molecule has 0 saturated carbocycles. The molecule has 0 fully saturated rings. The Morgan fingerprint density at radius 3 is 2.67 bits per heavy atom. The number of hydrogen-bond acceptors (Lipinski definition) is 0. The van der Waals surface area contributed by atoms with Crippen LogP contribution in [0.15, 0.2) is 30.4 Å². The van der Waals surface area contributed by atoms with E-state index in [9.17, 15) is 0 Å². The molecule has 0 aliphatic heterocycles. The fraction of sp³-hybridized carbons (Fsp3) is 0.500. The van der Waals surface area contributed by atoms with E-state index in [0.717, 1.165) is 10.3 Å². The van der Waals surface area contributed by atoms with Crippen LogP contribution in [0.1, 0.15) is 44.2 Å². The molecular formula is C16H20I2. The van der Waals surface area contributed by atoms with Crippen LogP contribution in [0.25, 0.3) is 0 Å². The van der Waals surface area contributed by atoms with Gasteiger partial charge < -0.3 is 0 Å². The van der Waals surface area contributed by atoms with E-state index >= 15 is 0 Å². The highest BCUT2D eigenvalue weighted by atomic mass is 127. The molecule has 0 amide bonds. The molecule has 0 aromatic heterocycles. The summed E-state index contributed by atoms with van der Waals surface area (Å²) >= 11 is 4.84. The minimum atomic E-state index is 0.297. The minimum absolute atomic E-state index is 0.297. The Hall–Kier alpha value is 0.420. The van der Waals surface area contributed by atoms with Gasteiger partial charge in [0.2, 0.25) is 0 Å². The highest BCUT2D eigenvalue weighted by Crippen LogP contribution is 2.52. The van der Waals surface area contributed by atoms with Crippen LogP contribution in [0, 0.1) is 9.49 Å². The zero-order valence-corrected chi connectivity index (χ0v) is 15.5. The van der Waals surface area contributed by atoms with Crippen LogP contribution in [-0.4, -0.2) is 4.43 Å². The number of benzene rings is 1. The van der Waals surface area contributed by atoms with E-state index in [1.165, 1.54) is 9.99 Å². The van der Waals surface area contributed by atoms with Crippen molar-refractivity contribution in [2.45, 2.75) is 38.5 Å². The first-order valence-corrected chi connectivity index (χ1v) is 9.15. The highest BCUT2D eigenvalue weighted by molar-refractivity contribution is 14.1. The summed E-state index contributed by atoms with van der Waals surface area (Å²) in [5, 5.41) is 0. The van der Waals surface area contributed by atoms with Gasteiger partial charge >= 0.3 is 0 Å². The zero-order valence-electron chi connectivity index (χ0n) is 11.2. The predicted molar refractivity (Wildman–Crippen MR) is 96.7 cm³/mol. The van der Waals surface area contributed by atoms with Crippen LogP contribution >= 0.6 is 45.2 Å². The van der Waals surface area contributed by atoms with Crippen LogP contribution in [0.4, 0.5) is 0 Å². The molecule has 98 valence electrons. The monoisotopic (exact) mass is 466 g/mol. The third-order valence-electron chi connectivity index (χ3n) is 4.30. The van der Waals surface area contributed by atoms with Gasteiger partial charge in [-0.05, 0) is 57.2 Å². The van der Waals surface area contributed by atoms with E-state index in [-0.39, 0.29) is 0 Å². The van der Waals surface area contributed by atoms with Gasteiger partial charge in [0.25, 0.3) is 0 Å². The zero-order chi connectivity index (χ0) is 13.3. The molecule has 0 nitrogen and oxygen atoms in total. The Kier molecular flexibility index (Phi) is 4.79. The Bertz CT molecular complexity index is 460. The van der Waals surface area contributed by atoms with Crippen molar-refractivity contribution in [2.24, 2.45) is 5.92 Å². The van der Waals surface area contributed by atoms with Crippen molar-refractivity contribution in [3.05, 3.63) is 45.0 Å². The molecule has 1 aliphatic rings. The molecule has 1 aromatic rings. The number of fused-ring (bicyclic) bond motifs is 1. The van der Waals surface area contributed by atoms with Gasteiger partial charge in [0.05, 0.1) is 0 Å². The van der Waals surface area contributed by atoms with Crippen molar-refractivity contribution in [3.8, 4) is 0 Å². The molecule has 0 radical (unpaired) electrons. The molecule has 1 aliphatic carbocycles. The molecular weight excluding hydrogens is 446 g/mol. The molecule has 2 heteroatoms. The average molecular weight is 466 g/mol. The molecule has 0 N–H and O–H groups in total. The Balaban J connectivity index is 2.53. The number of allylic oxidation sites excluding steroid dienone is 2. The maximum atomic E-state index is 2.43. The SMILES string of the molecule is CCC1C(/C=C\CI)c2ccc(I)cc2C1(C)C. The second-order valence-corrected chi connectivity index (χ2v) is 7.70. The van der Waals surface area contributed by atoms with E-state index < -0.39 is 0 Å². The molecule has 2 atom stereocenters. The summed E-state index contributed by atoms with van der Waals surface area (Å²) in [6.07, 6.45) is 5.99. The normalized spacial score (nSPS) is 25.6. The quantitative estimate of drug-likeness (QED) is 0.306. The maximum Gasteiger partial charge on any atom is 0.0176 e. The van der Waals surface area contributed by atoms with Crippen molar-refractivity contribution >= 4 is 45.2 Å². The third kappa shape index (κ3) is 2.51. The summed E-state index contributed by atoms with van der Waals surface area (Å²) in [6, 6.07) is 6.98. The van der Waals surface area contributed by atoms with Gasteiger partial charge in [-0.1, -0.05) is 68.0 Å². The number of halogens is 2. The van der Waals surface area contributed by atoms with Crippen molar-refractivity contribution in [1.29, 1.82) is 0 Å². The maximum absolute atomic E-state index is 2.43. The standard InChI is InChI=1S/C16H20I2/c1-4-14-12(6-5-9-17)13-8-7-11(18)10-15(13)16(14,2)3/h5-8,10,12,14H,4,9H2,1-3H3/b6-5-. The second kappa shape index (κ2) is 5.81. The lowest BCUT2D eigenvalue weighted by atomic mass is 9.74. The lowest BCUT2D eigenvalue weighted by Crippen LogP contribution is -2.25. The van der Waals surface area contributed by atoms with E-state index in [4.69, 9.17) is 0 Å². The van der Waals surface area contributed by atoms with Gasteiger partial charge in [-0.2, -0.15) is 0 Å². The Morgan fingerprint density at radius 2 is 2.06 bits per heavy atom. The van der Waals surface area contributed by atoms with Crippen LogP contribution in [0.5, 0.6) is 0 Å². The molecule has 0 saturated heterocycles. The van der Waals surface area contributed by atoms with Crippen LogP contribution < -0.4 is 0 Å². The summed E-state index contributed by atoms with van der Waals surface area (Å²) in [5.41, 5.74) is 3.41. The third-order valence-corrected chi connectivity index (χ3v) is 5.48. The fourth-order valence-corrected chi connectivity index (χ4v) is 4.23. The first-order valence-electron chi connectivity index (χ1n) is 6.55. The summed E-state index contributed by atoms with van der Waals surface area (Å²) < 4.78 is 2.46. The molecule has 1 aromatic carbocycles. The Labute approximate surface area is 138 Å². The van der Waals surface area contributed by atoms with Crippen LogP contribution in [0.3, 0.4) is 0 Å². The molecule has 0 heterocycles. The lowest BCUT2D eigenvalue weighted by molar-refractivity contribution is 0.318. The molecule has 2 unspecified atom stereocenters. The second-order valence-electron chi connectivity index (χ2n) is 5.58. The van der Waals surface area contributed by atoms with Gasteiger partial charge in [0.15, 0.2) is 0 Å². The summed E-state index contributed by atoms with van der Waals surface area (Å²) in [5.74, 6) is 1.33. The van der Waals surface area contributed by atoms with Gasteiger partial charge in [-0.15, -0.1) is 0 Å².